The van der Waals surface area contributed by atoms with Gasteiger partial charge in [-0.15, -0.1) is 0 Å². The number of anilines is 1. The second-order valence-electron chi connectivity index (χ2n) is 4.16. The van der Waals surface area contributed by atoms with Crippen molar-refractivity contribution in [3.63, 3.8) is 0 Å². The SMILES string of the molecule is Cc1cccnc1C(=O)Nc1ccccc1S(N)(=O)=O. The van der Waals surface area contributed by atoms with Crippen LogP contribution in [0.5, 0.6) is 0 Å². The predicted octanol–water partition coefficient (Wildman–Crippen LogP) is 1.29. The van der Waals surface area contributed by atoms with Crippen LogP contribution in [0.1, 0.15) is 16.1 Å². The molecule has 0 aliphatic carbocycles. The van der Waals surface area contributed by atoms with Gasteiger partial charge in [0.2, 0.25) is 10.0 Å². The lowest BCUT2D eigenvalue weighted by Gasteiger charge is -2.10. The molecule has 2 rings (SSSR count). The topological polar surface area (TPSA) is 102 Å². The van der Waals surface area contributed by atoms with Crippen LogP contribution < -0.4 is 10.5 Å². The number of nitrogens with zero attached hydrogens (tertiary/aromatic N) is 1. The standard InChI is InChI=1S/C13H13N3O3S/c1-9-5-4-8-15-12(9)13(17)16-10-6-2-3-7-11(10)20(14,18)19/h2-8H,1H3,(H,16,17)(H2,14,18,19). The van der Waals surface area contributed by atoms with E-state index in [0.717, 1.165) is 0 Å². The number of pyridine rings is 1. The van der Waals surface area contributed by atoms with Gasteiger partial charge < -0.3 is 5.32 Å². The van der Waals surface area contributed by atoms with Crippen molar-refractivity contribution < 1.29 is 13.2 Å². The molecule has 20 heavy (non-hydrogen) atoms. The van der Waals surface area contributed by atoms with Crippen LogP contribution >= 0.6 is 0 Å². The first kappa shape index (κ1) is 14.2. The van der Waals surface area contributed by atoms with Crippen LogP contribution in [0.15, 0.2) is 47.5 Å². The number of hydrogen-bond donors (Lipinski definition) is 2. The molecule has 0 fully saturated rings. The normalized spacial score (nSPS) is 11.1. The van der Waals surface area contributed by atoms with E-state index in [-0.39, 0.29) is 16.3 Å². The molecule has 0 atom stereocenters. The van der Waals surface area contributed by atoms with Crippen LogP contribution in [0.2, 0.25) is 0 Å². The van der Waals surface area contributed by atoms with Gasteiger partial charge in [-0.25, -0.2) is 13.6 Å². The smallest absolute Gasteiger partial charge is 0.274 e. The first-order valence-corrected chi connectivity index (χ1v) is 7.29. The third kappa shape index (κ3) is 3.01. The van der Waals surface area contributed by atoms with Crippen molar-refractivity contribution in [3.05, 3.63) is 53.9 Å². The van der Waals surface area contributed by atoms with Crippen LogP contribution in [0, 0.1) is 6.92 Å². The van der Waals surface area contributed by atoms with Crippen molar-refractivity contribution in [2.75, 3.05) is 5.32 Å². The lowest BCUT2D eigenvalue weighted by molar-refractivity contribution is 0.102. The van der Waals surface area contributed by atoms with Crippen LogP contribution in [0.25, 0.3) is 0 Å². The maximum Gasteiger partial charge on any atom is 0.274 e. The van der Waals surface area contributed by atoms with Gasteiger partial charge in [-0.3, -0.25) is 9.78 Å². The van der Waals surface area contributed by atoms with E-state index < -0.39 is 15.9 Å². The number of benzene rings is 1. The van der Waals surface area contributed by atoms with Crippen molar-refractivity contribution in [2.24, 2.45) is 5.14 Å². The number of nitrogens with one attached hydrogen (secondary N) is 1. The summed E-state index contributed by atoms with van der Waals surface area (Å²) in [5.74, 6) is -0.487. The van der Waals surface area contributed by atoms with E-state index in [4.69, 9.17) is 5.14 Å². The van der Waals surface area contributed by atoms with Crippen molar-refractivity contribution in [1.29, 1.82) is 0 Å². The lowest BCUT2D eigenvalue weighted by Crippen LogP contribution is -2.19. The quantitative estimate of drug-likeness (QED) is 0.889. The molecule has 2 aromatic rings. The van der Waals surface area contributed by atoms with E-state index in [1.807, 2.05) is 0 Å². The Bertz CT molecular complexity index is 757. The molecule has 104 valence electrons. The van der Waals surface area contributed by atoms with Crippen molar-refractivity contribution in [2.45, 2.75) is 11.8 Å². The summed E-state index contributed by atoms with van der Waals surface area (Å²) in [7, 11) is -3.91. The summed E-state index contributed by atoms with van der Waals surface area (Å²) >= 11 is 0. The third-order valence-electron chi connectivity index (χ3n) is 2.67. The van der Waals surface area contributed by atoms with Crippen LogP contribution in [-0.2, 0) is 10.0 Å². The molecule has 1 amide bonds. The molecule has 7 heteroatoms. The first-order valence-electron chi connectivity index (χ1n) is 5.74. The van der Waals surface area contributed by atoms with Crippen LogP contribution in [-0.4, -0.2) is 19.3 Å². The molecule has 0 bridgehead atoms. The summed E-state index contributed by atoms with van der Waals surface area (Å²) in [6.07, 6.45) is 1.49. The Hall–Kier alpha value is -2.25. The minimum absolute atomic E-state index is 0.130. The molecule has 0 saturated carbocycles. The molecular weight excluding hydrogens is 278 g/mol. The second kappa shape index (κ2) is 5.40. The Kier molecular flexibility index (Phi) is 3.82. The molecule has 3 N–H and O–H groups in total. The van der Waals surface area contributed by atoms with E-state index in [1.54, 1.807) is 25.1 Å². The highest BCUT2D eigenvalue weighted by molar-refractivity contribution is 7.89. The number of para-hydroxylation sites is 1. The van der Waals surface area contributed by atoms with Crippen molar-refractivity contribution in [3.8, 4) is 0 Å². The molecule has 1 aromatic heterocycles. The fourth-order valence-electron chi connectivity index (χ4n) is 1.72. The summed E-state index contributed by atoms with van der Waals surface area (Å²) in [6, 6.07) is 9.39. The minimum Gasteiger partial charge on any atom is -0.319 e. The van der Waals surface area contributed by atoms with E-state index in [1.165, 1.54) is 24.4 Å². The fourth-order valence-corrected chi connectivity index (χ4v) is 2.42. The number of aryl methyl sites for hydroxylation is 1. The Morgan fingerprint density at radius 2 is 1.90 bits per heavy atom. The Morgan fingerprint density at radius 3 is 2.55 bits per heavy atom. The van der Waals surface area contributed by atoms with Crippen LogP contribution in [0.3, 0.4) is 0 Å². The molecule has 6 nitrogen and oxygen atoms in total. The minimum atomic E-state index is -3.91. The lowest BCUT2D eigenvalue weighted by atomic mass is 10.2. The number of amides is 1. The monoisotopic (exact) mass is 291 g/mol. The zero-order valence-corrected chi connectivity index (χ0v) is 11.5. The number of carbonyl (C=O) groups excluding carboxylic acids is 1. The van der Waals surface area contributed by atoms with Gasteiger partial charge in [-0.2, -0.15) is 0 Å². The highest BCUT2D eigenvalue weighted by Gasteiger charge is 2.17. The number of hydrogen-bond acceptors (Lipinski definition) is 4. The van der Waals surface area contributed by atoms with Gasteiger partial charge in [0.25, 0.3) is 5.91 Å². The Morgan fingerprint density at radius 1 is 1.20 bits per heavy atom. The molecule has 0 aliphatic rings. The maximum absolute atomic E-state index is 12.1. The molecular formula is C13H13N3O3S. The van der Waals surface area contributed by atoms with Gasteiger partial charge in [0, 0.05) is 6.20 Å². The predicted molar refractivity (Wildman–Crippen MR) is 74.7 cm³/mol. The van der Waals surface area contributed by atoms with E-state index in [9.17, 15) is 13.2 Å². The van der Waals surface area contributed by atoms with E-state index in [0.29, 0.717) is 5.56 Å². The molecule has 0 unspecified atom stereocenters. The average molecular weight is 291 g/mol. The summed E-state index contributed by atoms with van der Waals surface area (Å²) in [6.45, 7) is 1.74. The molecule has 0 radical (unpaired) electrons. The van der Waals surface area contributed by atoms with Gasteiger partial charge in [0.15, 0.2) is 0 Å². The Labute approximate surface area is 116 Å². The summed E-state index contributed by atoms with van der Waals surface area (Å²) in [5, 5.41) is 7.62. The van der Waals surface area contributed by atoms with Crippen molar-refractivity contribution >= 4 is 21.6 Å². The Balaban J connectivity index is 2.37. The number of aromatic nitrogens is 1. The van der Waals surface area contributed by atoms with Crippen LogP contribution in [0.4, 0.5) is 5.69 Å². The van der Waals surface area contributed by atoms with Gasteiger partial charge in [0.1, 0.15) is 10.6 Å². The maximum atomic E-state index is 12.1. The van der Waals surface area contributed by atoms with Gasteiger partial charge >= 0.3 is 0 Å². The number of nitrogens with two attached hydrogens (primary N) is 1. The van der Waals surface area contributed by atoms with E-state index in [2.05, 4.69) is 10.3 Å². The zero-order valence-electron chi connectivity index (χ0n) is 10.7. The largest absolute Gasteiger partial charge is 0.319 e. The number of sulfonamides is 1. The second-order valence-corrected chi connectivity index (χ2v) is 5.69. The van der Waals surface area contributed by atoms with Gasteiger partial charge in [-0.1, -0.05) is 18.2 Å². The summed E-state index contributed by atoms with van der Waals surface area (Å²) in [5.41, 5.74) is 1.06. The first-order chi connectivity index (χ1) is 9.39. The third-order valence-corrected chi connectivity index (χ3v) is 3.64. The molecule has 1 heterocycles. The van der Waals surface area contributed by atoms with Crippen molar-refractivity contribution in [1.82, 2.24) is 4.98 Å². The molecule has 0 aliphatic heterocycles. The molecule has 0 saturated heterocycles. The average Bonchev–Trinajstić information content (AvgIpc) is 2.38. The number of carbonyl (C=O) groups is 1. The summed E-state index contributed by atoms with van der Waals surface area (Å²) in [4.78, 5) is 15.9. The number of primary sulfonamides is 1. The van der Waals surface area contributed by atoms with Gasteiger partial charge in [-0.05, 0) is 30.7 Å². The molecule has 0 spiro atoms. The number of rotatable bonds is 3. The molecule has 1 aromatic carbocycles. The van der Waals surface area contributed by atoms with Gasteiger partial charge in [0.05, 0.1) is 5.69 Å². The highest BCUT2D eigenvalue weighted by atomic mass is 32.2. The zero-order chi connectivity index (χ0) is 14.8. The summed E-state index contributed by atoms with van der Waals surface area (Å²) < 4.78 is 22.9. The fraction of sp³-hybridized carbons (Fsp3) is 0.0769. The van der Waals surface area contributed by atoms with E-state index >= 15 is 0 Å². The highest BCUT2D eigenvalue weighted by Crippen LogP contribution is 2.20.